The summed E-state index contributed by atoms with van der Waals surface area (Å²) in [7, 11) is 0. The summed E-state index contributed by atoms with van der Waals surface area (Å²) in [6.07, 6.45) is -3.58. The molecule has 0 bridgehead atoms. The van der Waals surface area contributed by atoms with Crippen LogP contribution in [0.25, 0.3) is 0 Å². The Morgan fingerprint density at radius 2 is 1.52 bits per heavy atom. The number of halogens is 3. The molecule has 7 heteroatoms. The quantitative estimate of drug-likeness (QED) is 0.867. The van der Waals surface area contributed by atoms with Gasteiger partial charge in [-0.1, -0.05) is 24.3 Å². The molecule has 3 rings (SSSR count). The van der Waals surface area contributed by atoms with E-state index in [1.807, 2.05) is 0 Å². The minimum absolute atomic E-state index is 0.362. The maximum absolute atomic E-state index is 12.6. The molecule has 27 heavy (non-hydrogen) atoms. The average molecular weight is 379 g/mol. The summed E-state index contributed by atoms with van der Waals surface area (Å²) < 4.78 is 43.1. The molecule has 0 unspecified atom stereocenters. The lowest BCUT2D eigenvalue weighted by Crippen LogP contribution is -2.41. The van der Waals surface area contributed by atoms with Crippen LogP contribution < -0.4 is 4.74 Å². The van der Waals surface area contributed by atoms with Gasteiger partial charge in [0, 0.05) is 13.1 Å². The molecule has 1 saturated heterocycles. The lowest BCUT2D eigenvalue weighted by Gasteiger charge is -2.28. The van der Waals surface area contributed by atoms with Gasteiger partial charge in [0.25, 0.3) is 0 Å². The number of aliphatic hydroxyl groups excluding tert-OH is 1. The van der Waals surface area contributed by atoms with Gasteiger partial charge in [-0.25, -0.2) is 4.79 Å². The van der Waals surface area contributed by atoms with Crippen LogP contribution in [0.15, 0.2) is 48.5 Å². The predicted octanol–water partition coefficient (Wildman–Crippen LogP) is 4.25. The number of hydrogen-bond acceptors (Lipinski definition) is 3. The van der Waals surface area contributed by atoms with Crippen LogP contribution in [-0.4, -0.2) is 35.3 Å². The smallest absolute Gasteiger partial charge is 0.410 e. The molecule has 0 radical (unpaired) electrons. The Morgan fingerprint density at radius 3 is 2.04 bits per heavy atom. The molecule has 1 aliphatic rings. The van der Waals surface area contributed by atoms with E-state index in [2.05, 4.69) is 0 Å². The molecule has 2 aromatic carbocycles. The first kappa shape index (κ1) is 19.2. The molecule has 2 aromatic rings. The van der Waals surface area contributed by atoms with Crippen molar-refractivity contribution in [2.24, 2.45) is 0 Å². The van der Waals surface area contributed by atoms with Crippen LogP contribution in [0.2, 0.25) is 0 Å². The molecule has 144 valence electrons. The zero-order valence-corrected chi connectivity index (χ0v) is 14.6. The van der Waals surface area contributed by atoms with Gasteiger partial charge >= 0.3 is 12.3 Å². The maximum Gasteiger partial charge on any atom is 0.416 e. The fourth-order valence-corrected chi connectivity index (χ4v) is 2.94. The summed E-state index contributed by atoms with van der Waals surface area (Å²) >= 11 is 0. The highest BCUT2D eigenvalue weighted by molar-refractivity contribution is 5.70. The van der Waals surface area contributed by atoms with E-state index in [0.717, 1.165) is 23.3 Å². The lowest BCUT2D eigenvalue weighted by molar-refractivity contribution is -0.137. The van der Waals surface area contributed by atoms with Crippen molar-refractivity contribution in [2.75, 3.05) is 13.1 Å². The number of aliphatic hydroxyl groups is 1. The molecule has 1 fully saturated rings. The molecule has 1 heterocycles. The summed E-state index contributed by atoms with van der Waals surface area (Å²) in [6, 6.07) is 11.9. The Kier molecular flexibility index (Phi) is 5.70. The van der Waals surface area contributed by atoms with Gasteiger partial charge in [0.05, 0.1) is 11.7 Å². The summed E-state index contributed by atoms with van der Waals surface area (Å²) in [6.45, 7) is 0.929. The van der Waals surface area contributed by atoms with Crippen molar-refractivity contribution < 1.29 is 27.8 Å². The number of likely N-dealkylation sites (tertiary alicyclic amines) is 1. The average Bonchev–Trinajstić information content (AvgIpc) is 2.63. The van der Waals surface area contributed by atoms with Gasteiger partial charge in [0.2, 0.25) is 0 Å². The van der Waals surface area contributed by atoms with E-state index in [1.54, 1.807) is 29.2 Å². The number of nitrogens with zero attached hydrogens (tertiary/aromatic N) is 1. The molecule has 1 amide bonds. The minimum Gasteiger partial charge on any atom is -0.410 e. The van der Waals surface area contributed by atoms with Crippen molar-refractivity contribution in [2.45, 2.75) is 31.5 Å². The number of rotatable bonds is 3. The SMILES string of the molecule is O=C(Oc1ccc(Cc2ccc(C(F)(F)F)cc2)cc1)N1CCC(O)CC1. The zero-order chi connectivity index (χ0) is 19.4. The van der Waals surface area contributed by atoms with E-state index in [-0.39, 0.29) is 6.10 Å². The van der Waals surface area contributed by atoms with Crippen molar-refractivity contribution in [1.82, 2.24) is 4.90 Å². The minimum atomic E-state index is -4.34. The third kappa shape index (κ3) is 5.23. The first-order valence-electron chi connectivity index (χ1n) is 8.71. The number of amides is 1. The first-order chi connectivity index (χ1) is 12.8. The molecule has 1 N–H and O–H groups in total. The molecule has 4 nitrogen and oxygen atoms in total. The summed E-state index contributed by atoms with van der Waals surface area (Å²) in [4.78, 5) is 13.7. The van der Waals surface area contributed by atoms with E-state index in [1.165, 1.54) is 12.1 Å². The Hall–Kier alpha value is -2.54. The highest BCUT2D eigenvalue weighted by Gasteiger charge is 2.29. The number of ether oxygens (including phenoxy) is 1. The third-order valence-corrected chi connectivity index (χ3v) is 4.54. The van der Waals surface area contributed by atoms with Gasteiger partial charge in [-0.2, -0.15) is 13.2 Å². The molecular formula is C20H20F3NO3. The number of alkyl halides is 3. The Morgan fingerprint density at radius 1 is 1.00 bits per heavy atom. The lowest BCUT2D eigenvalue weighted by atomic mass is 10.0. The first-order valence-corrected chi connectivity index (χ1v) is 8.71. The van der Waals surface area contributed by atoms with E-state index >= 15 is 0 Å². The molecule has 0 aliphatic carbocycles. The van der Waals surface area contributed by atoms with E-state index in [9.17, 15) is 23.1 Å². The van der Waals surface area contributed by atoms with Crippen LogP contribution in [0.3, 0.4) is 0 Å². The van der Waals surface area contributed by atoms with Gasteiger partial charge in [0.1, 0.15) is 5.75 Å². The van der Waals surface area contributed by atoms with Gasteiger partial charge in [-0.3, -0.25) is 0 Å². The summed E-state index contributed by atoms with van der Waals surface area (Å²) in [5, 5.41) is 9.47. The zero-order valence-electron chi connectivity index (χ0n) is 14.6. The van der Waals surface area contributed by atoms with Gasteiger partial charge in [0.15, 0.2) is 0 Å². The Labute approximate surface area is 155 Å². The fraction of sp³-hybridized carbons (Fsp3) is 0.350. The molecule has 0 saturated carbocycles. The summed E-state index contributed by atoms with van der Waals surface area (Å²) in [5.41, 5.74) is 0.994. The number of piperidine rings is 1. The number of hydrogen-bond donors (Lipinski definition) is 1. The topological polar surface area (TPSA) is 49.8 Å². The number of carbonyl (C=O) groups is 1. The highest BCUT2D eigenvalue weighted by atomic mass is 19.4. The second-order valence-corrected chi connectivity index (χ2v) is 6.60. The van der Waals surface area contributed by atoms with Crippen molar-refractivity contribution in [3.8, 4) is 5.75 Å². The van der Waals surface area contributed by atoms with Crippen molar-refractivity contribution in [3.63, 3.8) is 0 Å². The molecule has 0 atom stereocenters. The second-order valence-electron chi connectivity index (χ2n) is 6.60. The predicted molar refractivity (Wildman–Crippen MR) is 93.5 cm³/mol. The number of carbonyl (C=O) groups excluding carboxylic acids is 1. The van der Waals surface area contributed by atoms with E-state index < -0.39 is 17.8 Å². The van der Waals surface area contributed by atoms with Crippen molar-refractivity contribution in [3.05, 3.63) is 65.2 Å². The second kappa shape index (κ2) is 8.00. The molecule has 0 aromatic heterocycles. The fourth-order valence-electron chi connectivity index (χ4n) is 2.94. The monoisotopic (exact) mass is 379 g/mol. The number of benzene rings is 2. The van der Waals surface area contributed by atoms with Gasteiger partial charge < -0.3 is 14.7 Å². The van der Waals surface area contributed by atoms with E-state index in [4.69, 9.17) is 4.74 Å². The van der Waals surface area contributed by atoms with Crippen molar-refractivity contribution in [1.29, 1.82) is 0 Å². The van der Waals surface area contributed by atoms with Gasteiger partial charge in [-0.05, 0) is 54.7 Å². The van der Waals surface area contributed by atoms with Crippen LogP contribution in [0.4, 0.5) is 18.0 Å². The standard InChI is InChI=1S/C20H20F3NO3/c21-20(22,23)16-5-1-14(2-6-16)13-15-3-7-18(8-4-15)27-19(26)24-11-9-17(25)10-12-24/h1-8,17,25H,9-13H2. The third-order valence-electron chi connectivity index (χ3n) is 4.54. The van der Waals surface area contributed by atoms with Crippen LogP contribution in [0.1, 0.15) is 29.5 Å². The highest BCUT2D eigenvalue weighted by Crippen LogP contribution is 2.29. The molecular weight excluding hydrogens is 359 g/mol. The molecule has 0 spiro atoms. The van der Waals surface area contributed by atoms with Crippen LogP contribution in [0, 0.1) is 0 Å². The largest absolute Gasteiger partial charge is 0.416 e. The summed E-state index contributed by atoms with van der Waals surface area (Å²) in [5.74, 6) is 0.405. The Balaban J connectivity index is 1.56. The molecule has 1 aliphatic heterocycles. The van der Waals surface area contributed by atoms with Crippen molar-refractivity contribution >= 4 is 6.09 Å². The van der Waals surface area contributed by atoms with Crippen LogP contribution >= 0.6 is 0 Å². The van der Waals surface area contributed by atoms with E-state index in [0.29, 0.717) is 38.1 Å². The van der Waals surface area contributed by atoms with Gasteiger partial charge in [-0.15, -0.1) is 0 Å². The normalized spacial score (nSPS) is 15.6. The Bertz CT molecular complexity index is 765. The maximum atomic E-state index is 12.6. The van der Waals surface area contributed by atoms with Crippen LogP contribution in [0.5, 0.6) is 5.75 Å². The van der Waals surface area contributed by atoms with Crippen LogP contribution in [-0.2, 0) is 12.6 Å².